The molecule has 53 heavy (non-hydrogen) atoms. The van der Waals surface area contributed by atoms with E-state index in [9.17, 15) is 34.5 Å². The van der Waals surface area contributed by atoms with Crippen molar-refractivity contribution in [1.29, 1.82) is 0 Å². The van der Waals surface area contributed by atoms with Gasteiger partial charge in [-0.15, -0.1) is 0 Å². The summed E-state index contributed by atoms with van der Waals surface area (Å²) in [5, 5.41) is 74.3. The Labute approximate surface area is 315 Å². The predicted molar refractivity (Wildman–Crippen MR) is 181 cm³/mol. The van der Waals surface area contributed by atoms with Gasteiger partial charge in [-0.25, -0.2) is 4.79 Å². The van der Waals surface area contributed by atoms with Crippen LogP contribution in [-0.4, -0.2) is 72.9 Å². The van der Waals surface area contributed by atoms with Crippen LogP contribution in [0, 0.1) is 0 Å². The van der Waals surface area contributed by atoms with E-state index in [0.717, 1.165) is 0 Å². The number of aromatic carboxylic acids is 4. The Morgan fingerprint density at radius 1 is 0.604 bits per heavy atom. The zero-order valence-corrected chi connectivity index (χ0v) is 29.4. The molecule has 0 bridgehead atoms. The molecular weight excluding hydrogens is 728 g/mol. The number of rotatable bonds is 5. The van der Waals surface area contributed by atoms with Gasteiger partial charge in [0.2, 0.25) is 0 Å². The number of carbonyl (C=O) groups excluding carboxylic acids is 3. The normalized spacial score (nSPS) is 12.5. The van der Waals surface area contributed by atoms with E-state index in [1.165, 1.54) is 91.7 Å². The summed E-state index contributed by atoms with van der Waals surface area (Å²) >= 11 is 0. The van der Waals surface area contributed by atoms with Crippen molar-refractivity contribution < 1.29 is 77.4 Å². The van der Waals surface area contributed by atoms with Gasteiger partial charge in [0, 0.05) is 35.1 Å². The second-order valence-corrected chi connectivity index (χ2v) is 10.7. The Morgan fingerprint density at radius 3 is 1.19 bits per heavy atom. The van der Waals surface area contributed by atoms with Gasteiger partial charge in [-0.2, -0.15) is 0 Å². The van der Waals surface area contributed by atoms with Crippen LogP contribution >= 0.6 is 0 Å². The topological polar surface area (TPSA) is 255 Å². The van der Waals surface area contributed by atoms with Crippen molar-refractivity contribution in [2.24, 2.45) is 0 Å². The number of carboxylic acid groups (broad SMARTS) is 4. The zero-order chi connectivity index (χ0) is 38.6. The second kappa shape index (κ2) is 23.1. The van der Waals surface area contributed by atoms with Crippen LogP contribution in [-0.2, 0) is 17.4 Å². The van der Waals surface area contributed by atoms with Crippen molar-refractivity contribution in [2.75, 3.05) is 13.6 Å². The van der Waals surface area contributed by atoms with Crippen LogP contribution in [0.25, 0.3) is 0 Å². The van der Waals surface area contributed by atoms with E-state index in [1.54, 1.807) is 30.3 Å². The minimum Gasteiger partial charge on any atom is -0.545 e. The first-order valence-electron chi connectivity index (χ1n) is 15.3. The Balaban J connectivity index is 0.000000331. The maximum absolute atomic E-state index is 10.3. The van der Waals surface area contributed by atoms with Gasteiger partial charge in [-0.05, 0) is 86.6 Å². The summed E-state index contributed by atoms with van der Waals surface area (Å²) in [5.41, 5.74) is 0.757. The standard InChI is InChI=1S/C10H14N2.4C7H6O3.Cr/c1-12-7-3-5-10(12)9-4-2-6-11-8-9;4*8-6-4-2-1-3-5(6)7(9)10;/h2,4,6,8,10H,3,5,7H2,1H3;4*1-4,8H,(H,9,10);/q;;;;;+3/p-3. The summed E-state index contributed by atoms with van der Waals surface area (Å²) in [5.74, 6) is -6.19. The number of likely N-dealkylation sites (tertiary alicyclic amines) is 1. The fourth-order valence-electron chi connectivity index (χ4n) is 4.50. The smallest absolute Gasteiger partial charge is 0.545 e. The number of benzene rings is 4. The average molecular weight is 764 g/mol. The molecule has 1 atom stereocenters. The molecular formula is C38H35CrN2O12. The SMILES string of the molecule is CN1CCCC1c1cccnc1.O=C(O)c1ccccc1O.O=C([O-])c1ccccc1O.O=C([O-])c1ccccc1O.O=C([O-])c1ccccc1O.[Cr+3]. The Kier molecular flexibility index (Phi) is 19.5. The van der Waals surface area contributed by atoms with Crippen LogP contribution in [0.15, 0.2) is 122 Å². The number of aromatic nitrogens is 1. The van der Waals surface area contributed by atoms with Crippen LogP contribution in [0.5, 0.6) is 23.0 Å². The summed E-state index contributed by atoms with van der Waals surface area (Å²) in [7, 11) is 2.19. The largest absolute Gasteiger partial charge is 3.00 e. The molecule has 0 amide bonds. The summed E-state index contributed by atoms with van der Waals surface area (Å²) in [6, 6.07) is 27.5. The number of para-hydroxylation sites is 4. The van der Waals surface area contributed by atoms with Gasteiger partial charge in [0.15, 0.2) is 0 Å². The number of pyridine rings is 1. The molecule has 1 aromatic heterocycles. The third kappa shape index (κ3) is 15.2. The van der Waals surface area contributed by atoms with Crippen LogP contribution in [0.3, 0.4) is 0 Å². The molecule has 5 N–H and O–H groups in total. The summed E-state index contributed by atoms with van der Waals surface area (Å²) < 4.78 is 0. The number of phenols is 4. The molecule has 1 saturated heterocycles. The third-order valence-corrected chi connectivity index (χ3v) is 7.10. The first-order chi connectivity index (χ1) is 24.7. The van der Waals surface area contributed by atoms with Gasteiger partial charge in [0.25, 0.3) is 0 Å². The molecule has 1 unspecified atom stereocenters. The van der Waals surface area contributed by atoms with E-state index in [1.807, 2.05) is 18.5 Å². The van der Waals surface area contributed by atoms with E-state index < -0.39 is 23.9 Å². The quantitative estimate of drug-likeness (QED) is 0.172. The Bertz CT molecular complexity index is 1700. The number of carbonyl (C=O) groups is 4. The van der Waals surface area contributed by atoms with Crippen LogP contribution in [0.2, 0.25) is 0 Å². The number of carboxylic acids is 4. The van der Waals surface area contributed by atoms with Gasteiger partial charge in [-0.3, -0.25) is 9.88 Å². The van der Waals surface area contributed by atoms with E-state index in [4.69, 9.17) is 25.5 Å². The Hall–Kier alpha value is -6.40. The van der Waals surface area contributed by atoms with E-state index in [-0.39, 0.29) is 62.6 Å². The molecule has 0 saturated carbocycles. The molecule has 14 nitrogen and oxygen atoms in total. The minimum absolute atomic E-state index is 0. The van der Waals surface area contributed by atoms with Gasteiger partial charge in [0.05, 0.1) is 17.9 Å². The fourth-order valence-corrected chi connectivity index (χ4v) is 4.50. The third-order valence-electron chi connectivity index (χ3n) is 7.10. The van der Waals surface area contributed by atoms with E-state index in [0.29, 0.717) is 6.04 Å². The molecule has 0 spiro atoms. The first kappa shape index (κ1) is 44.6. The summed E-state index contributed by atoms with van der Waals surface area (Å²) in [6.45, 7) is 1.22. The number of nitrogens with zero attached hydrogens (tertiary/aromatic N) is 2. The monoisotopic (exact) mass is 763 g/mol. The molecule has 1 radical (unpaired) electrons. The number of hydrogen-bond donors (Lipinski definition) is 5. The zero-order valence-electron chi connectivity index (χ0n) is 28.1. The fraction of sp³-hybridized carbons (Fsp3) is 0.132. The van der Waals surface area contributed by atoms with Crippen molar-refractivity contribution >= 4 is 23.9 Å². The summed E-state index contributed by atoms with van der Waals surface area (Å²) in [4.78, 5) is 47.3. The van der Waals surface area contributed by atoms with Crippen molar-refractivity contribution in [2.45, 2.75) is 18.9 Å². The molecule has 6 rings (SSSR count). The van der Waals surface area contributed by atoms with Gasteiger partial charge in [-0.1, -0.05) is 54.6 Å². The van der Waals surface area contributed by atoms with Crippen molar-refractivity contribution in [3.63, 3.8) is 0 Å². The van der Waals surface area contributed by atoms with E-state index in [2.05, 4.69) is 23.0 Å². The Morgan fingerprint density at radius 2 is 0.962 bits per heavy atom. The average Bonchev–Trinajstić information content (AvgIpc) is 3.56. The molecule has 15 heteroatoms. The minimum atomic E-state index is -1.36. The summed E-state index contributed by atoms with van der Waals surface area (Å²) in [6.07, 6.45) is 6.41. The van der Waals surface area contributed by atoms with Gasteiger partial charge < -0.3 is 55.2 Å². The molecule has 2 heterocycles. The van der Waals surface area contributed by atoms with Crippen molar-refractivity contribution in [1.82, 2.24) is 9.88 Å². The van der Waals surface area contributed by atoms with Crippen LogP contribution in [0.4, 0.5) is 0 Å². The first-order valence-corrected chi connectivity index (χ1v) is 15.3. The number of hydrogen-bond acceptors (Lipinski definition) is 13. The number of aromatic hydroxyl groups is 4. The maximum Gasteiger partial charge on any atom is 3.00 e. The molecule has 1 aliphatic rings. The molecule has 1 fully saturated rings. The second-order valence-electron chi connectivity index (χ2n) is 10.7. The van der Waals surface area contributed by atoms with Crippen molar-refractivity contribution in [3.8, 4) is 23.0 Å². The molecule has 1 aliphatic heterocycles. The van der Waals surface area contributed by atoms with Gasteiger partial charge in [0.1, 0.15) is 28.6 Å². The predicted octanol–water partition coefficient (Wildman–Crippen LogP) is 2.20. The van der Waals surface area contributed by atoms with Crippen molar-refractivity contribution in [3.05, 3.63) is 149 Å². The van der Waals surface area contributed by atoms with E-state index >= 15 is 0 Å². The van der Waals surface area contributed by atoms with Gasteiger partial charge >= 0.3 is 23.3 Å². The molecule has 0 aliphatic carbocycles. The maximum atomic E-state index is 10.3. The molecule has 5 aromatic rings. The van der Waals surface area contributed by atoms with Crippen LogP contribution < -0.4 is 15.3 Å². The molecule has 275 valence electrons. The van der Waals surface area contributed by atoms with Crippen LogP contribution in [0.1, 0.15) is 65.9 Å². The molecule has 4 aromatic carbocycles.